The van der Waals surface area contributed by atoms with E-state index in [0.717, 1.165) is 37.8 Å². The van der Waals surface area contributed by atoms with E-state index in [-0.39, 0.29) is 0 Å². The zero-order valence-corrected chi connectivity index (χ0v) is 13.2. The Morgan fingerprint density at radius 3 is 2.55 bits per heavy atom. The van der Waals surface area contributed by atoms with E-state index in [9.17, 15) is 0 Å². The number of ether oxygens (including phenoxy) is 1. The Bertz CT molecular complexity index is 578. The Balaban J connectivity index is 1.72. The van der Waals surface area contributed by atoms with Gasteiger partial charge in [-0.3, -0.25) is 4.99 Å². The molecule has 0 atom stereocenters. The summed E-state index contributed by atoms with van der Waals surface area (Å²) in [4.78, 5) is 4.23. The maximum atomic E-state index is 5.36. The van der Waals surface area contributed by atoms with Gasteiger partial charge in [-0.05, 0) is 30.2 Å². The van der Waals surface area contributed by atoms with Crippen LogP contribution in [0.5, 0.6) is 5.75 Å². The van der Waals surface area contributed by atoms with Gasteiger partial charge in [0.2, 0.25) is 0 Å². The van der Waals surface area contributed by atoms with E-state index in [1.807, 2.05) is 30.3 Å². The highest BCUT2D eigenvalue weighted by atomic mass is 16.5. The van der Waals surface area contributed by atoms with Crippen molar-refractivity contribution in [3.8, 4) is 5.75 Å². The minimum atomic E-state index is 0.809. The van der Waals surface area contributed by atoms with Gasteiger partial charge in [-0.2, -0.15) is 0 Å². The van der Waals surface area contributed by atoms with Crippen molar-refractivity contribution in [1.29, 1.82) is 0 Å². The lowest BCUT2D eigenvalue weighted by Gasteiger charge is -2.13. The maximum Gasteiger partial charge on any atom is 0.191 e. The summed E-state index contributed by atoms with van der Waals surface area (Å²) >= 11 is 0. The van der Waals surface area contributed by atoms with E-state index < -0.39 is 0 Å². The molecule has 0 saturated carbocycles. The van der Waals surface area contributed by atoms with Crippen molar-refractivity contribution in [1.82, 2.24) is 15.2 Å². The van der Waals surface area contributed by atoms with Gasteiger partial charge < -0.3 is 19.9 Å². The highest BCUT2D eigenvalue weighted by molar-refractivity contribution is 5.79. The third kappa shape index (κ3) is 4.84. The van der Waals surface area contributed by atoms with E-state index in [2.05, 4.69) is 38.7 Å². The van der Waals surface area contributed by atoms with E-state index in [4.69, 9.17) is 4.74 Å². The second kappa shape index (κ2) is 8.77. The molecule has 2 rings (SSSR count). The molecular weight excluding hydrogens is 276 g/mol. The summed E-state index contributed by atoms with van der Waals surface area (Å²) in [5.41, 5.74) is 1.19. The summed E-state index contributed by atoms with van der Waals surface area (Å²) < 4.78 is 7.49. The van der Waals surface area contributed by atoms with Crippen molar-refractivity contribution >= 4 is 5.96 Å². The smallest absolute Gasteiger partial charge is 0.191 e. The first kappa shape index (κ1) is 15.9. The molecule has 0 spiro atoms. The van der Waals surface area contributed by atoms with Crippen LogP contribution in [0.4, 0.5) is 0 Å². The zero-order valence-electron chi connectivity index (χ0n) is 13.2. The summed E-state index contributed by atoms with van der Waals surface area (Å²) in [7, 11) is 3.49. The van der Waals surface area contributed by atoms with Crippen LogP contribution in [0.15, 0.2) is 53.8 Å². The van der Waals surface area contributed by atoms with Crippen LogP contribution in [0.2, 0.25) is 0 Å². The molecule has 0 aliphatic carbocycles. The van der Waals surface area contributed by atoms with Crippen LogP contribution in [0.1, 0.15) is 5.56 Å². The Labute approximate surface area is 132 Å². The van der Waals surface area contributed by atoms with E-state index >= 15 is 0 Å². The van der Waals surface area contributed by atoms with Crippen LogP contribution in [0.25, 0.3) is 0 Å². The van der Waals surface area contributed by atoms with Gasteiger partial charge in [0.25, 0.3) is 0 Å². The van der Waals surface area contributed by atoms with Crippen molar-refractivity contribution in [3.05, 3.63) is 54.4 Å². The molecule has 118 valence electrons. The standard InChI is InChI=1S/C17H24N4O/c1-18-17(20-11-14-21-12-5-6-13-21)19-10-9-15-7-3-4-8-16(15)22-2/h3-8,12-13H,9-11,14H2,1-2H3,(H2,18,19,20). The van der Waals surface area contributed by atoms with Crippen molar-refractivity contribution in [2.45, 2.75) is 13.0 Å². The molecule has 0 radical (unpaired) electrons. The summed E-state index contributed by atoms with van der Waals surface area (Å²) in [6, 6.07) is 12.1. The molecule has 0 fully saturated rings. The summed E-state index contributed by atoms with van der Waals surface area (Å²) in [5, 5.41) is 6.63. The summed E-state index contributed by atoms with van der Waals surface area (Å²) in [6.07, 6.45) is 5.00. The predicted octanol–water partition coefficient (Wildman–Crippen LogP) is 1.90. The molecule has 0 unspecified atom stereocenters. The molecule has 2 N–H and O–H groups in total. The van der Waals surface area contributed by atoms with Crippen LogP contribution in [0.3, 0.4) is 0 Å². The molecule has 0 saturated heterocycles. The molecule has 2 aromatic rings. The highest BCUT2D eigenvalue weighted by Crippen LogP contribution is 2.17. The second-order valence-electron chi connectivity index (χ2n) is 4.91. The van der Waals surface area contributed by atoms with Gasteiger partial charge in [0.1, 0.15) is 5.75 Å². The van der Waals surface area contributed by atoms with Gasteiger partial charge in [0.15, 0.2) is 5.96 Å². The number of nitrogens with zero attached hydrogens (tertiary/aromatic N) is 2. The molecule has 0 bridgehead atoms. The predicted molar refractivity (Wildman–Crippen MR) is 90.5 cm³/mol. The first-order valence-corrected chi connectivity index (χ1v) is 7.50. The van der Waals surface area contributed by atoms with Crippen LogP contribution >= 0.6 is 0 Å². The third-order valence-corrected chi connectivity index (χ3v) is 3.43. The first-order valence-electron chi connectivity index (χ1n) is 7.50. The zero-order chi connectivity index (χ0) is 15.6. The van der Waals surface area contributed by atoms with Crippen LogP contribution in [0, 0.1) is 0 Å². The largest absolute Gasteiger partial charge is 0.496 e. The van der Waals surface area contributed by atoms with E-state index in [1.54, 1.807) is 14.2 Å². The monoisotopic (exact) mass is 300 g/mol. The molecule has 1 aromatic heterocycles. The lowest BCUT2D eigenvalue weighted by Crippen LogP contribution is -2.39. The molecule has 1 heterocycles. The van der Waals surface area contributed by atoms with Crippen molar-refractivity contribution in [2.24, 2.45) is 4.99 Å². The highest BCUT2D eigenvalue weighted by Gasteiger charge is 2.02. The number of nitrogens with one attached hydrogen (secondary N) is 2. The van der Waals surface area contributed by atoms with Crippen LogP contribution in [-0.4, -0.2) is 37.8 Å². The number of para-hydroxylation sites is 1. The quantitative estimate of drug-likeness (QED) is 0.606. The number of rotatable bonds is 7. The molecule has 5 nitrogen and oxygen atoms in total. The lowest BCUT2D eigenvalue weighted by molar-refractivity contribution is 0.409. The lowest BCUT2D eigenvalue weighted by atomic mass is 10.1. The minimum Gasteiger partial charge on any atom is -0.496 e. The number of methoxy groups -OCH3 is 1. The second-order valence-corrected chi connectivity index (χ2v) is 4.91. The summed E-state index contributed by atoms with van der Waals surface area (Å²) in [6.45, 7) is 2.56. The van der Waals surface area contributed by atoms with E-state index in [1.165, 1.54) is 5.56 Å². The van der Waals surface area contributed by atoms with Gasteiger partial charge in [-0.1, -0.05) is 18.2 Å². The Kier molecular flexibility index (Phi) is 6.36. The van der Waals surface area contributed by atoms with Crippen molar-refractivity contribution < 1.29 is 4.74 Å². The number of hydrogen-bond donors (Lipinski definition) is 2. The van der Waals surface area contributed by atoms with Gasteiger partial charge in [-0.25, -0.2) is 0 Å². The van der Waals surface area contributed by atoms with Crippen molar-refractivity contribution in [2.75, 3.05) is 27.2 Å². The maximum absolute atomic E-state index is 5.36. The Hall–Kier alpha value is -2.43. The number of benzene rings is 1. The van der Waals surface area contributed by atoms with Gasteiger partial charge in [0.05, 0.1) is 7.11 Å². The molecule has 0 aliphatic rings. The fraction of sp³-hybridized carbons (Fsp3) is 0.353. The molecule has 0 amide bonds. The number of guanidine groups is 1. The number of hydrogen-bond acceptors (Lipinski definition) is 2. The SMILES string of the molecule is CN=C(NCCc1ccccc1OC)NCCn1cccc1. The number of aliphatic imine (C=N–C) groups is 1. The fourth-order valence-corrected chi connectivity index (χ4v) is 2.27. The van der Waals surface area contributed by atoms with Gasteiger partial charge >= 0.3 is 0 Å². The van der Waals surface area contributed by atoms with Gasteiger partial charge in [-0.15, -0.1) is 0 Å². The van der Waals surface area contributed by atoms with E-state index in [0.29, 0.717) is 0 Å². The van der Waals surface area contributed by atoms with Crippen LogP contribution < -0.4 is 15.4 Å². The van der Waals surface area contributed by atoms with Gasteiger partial charge in [0, 0.05) is 39.1 Å². The molecule has 5 heteroatoms. The number of aromatic nitrogens is 1. The Morgan fingerprint density at radius 1 is 1.09 bits per heavy atom. The Morgan fingerprint density at radius 2 is 1.82 bits per heavy atom. The minimum absolute atomic E-state index is 0.809. The topological polar surface area (TPSA) is 50.6 Å². The molecule has 1 aromatic carbocycles. The first-order chi connectivity index (χ1) is 10.8. The molecule has 22 heavy (non-hydrogen) atoms. The molecule has 0 aliphatic heterocycles. The molecular formula is C17H24N4O. The van der Waals surface area contributed by atoms with Crippen LogP contribution in [-0.2, 0) is 13.0 Å². The average molecular weight is 300 g/mol. The third-order valence-electron chi connectivity index (χ3n) is 3.43. The van der Waals surface area contributed by atoms with Crippen molar-refractivity contribution in [3.63, 3.8) is 0 Å². The average Bonchev–Trinajstić information content (AvgIpc) is 3.07. The normalized spacial score (nSPS) is 11.3. The fourth-order valence-electron chi connectivity index (χ4n) is 2.27. The summed E-state index contributed by atoms with van der Waals surface area (Å²) in [5.74, 6) is 1.75.